The lowest BCUT2D eigenvalue weighted by atomic mass is 9.27. The summed E-state index contributed by atoms with van der Waals surface area (Å²) in [4.78, 5) is 13.9. The number of hydrogen-bond donors (Lipinski definition) is 0. The second-order valence-corrected chi connectivity index (χ2v) is 51.9. The lowest BCUT2D eigenvalue weighted by Gasteiger charge is -2.53. The molecular formula is C120H140B3N5O. The Morgan fingerprint density at radius 1 is 0.178 bits per heavy atom. The van der Waals surface area contributed by atoms with Crippen molar-refractivity contribution < 1.29 is 4.74 Å². The van der Waals surface area contributed by atoms with Gasteiger partial charge >= 0.3 is 0 Å². The fraction of sp³-hybridized carbons (Fsp3) is 0.400. The Morgan fingerprint density at radius 2 is 0.426 bits per heavy atom. The first kappa shape index (κ1) is 87.9. The summed E-state index contributed by atoms with van der Waals surface area (Å²) in [5, 5.41) is 0. The van der Waals surface area contributed by atoms with Gasteiger partial charge in [0.15, 0.2) is 11.5 Å². The molecule has 9 heteroatoms. The predicted molar refractivity (Wildman–Crippen MR) is 564 cm³/mol. The fourth-order valence-electron chi connectivity index (χ4n) is 21.5. The molecule has 0 amide bonds. The Morgan fingerprint density at radius 3 is 0.721 bits per heavy atom. The van der Waals surface area contributed by atoms with Crippen molar-refractivity contribution in [1.82, 2.24) is 0 Å². The van der Waals surface area contributed by atoms with Gasteiger partial charge in [-0.2, -0.15) is 0 Å². The van der Waals surface area contributed by atoms with Crippen LogP contribution in [-0.2, 0) is 65.0 Å². The van der Waals surface area contributed by atoms with Crippen LogP contribution in [0.15, 0.2) is 194 Å². The molecule has 0 spiro atoms. The molecule has 0 atom stereocenters. The van der Waals surface area contributed by atoms with Crippen molar-refractivity contribution in [2.24, 2.45) is 0 Å². The summed E-state index contributed by atoms with van der Waals surface area (Å²) in [6, 6.07) is 80.7. The van der Waals surface area contributed by atoms with Gasteiger partial charge in [-0.05, 0) is 289 Å². The van der Waals surface area contributed by atoms with Gasteiger partial charge in [-0.25, -0.2) is 0 Å². The van der Waals surface area contributed by atoms with Crippen LogP contribution in [0.2, 0.25) is 0 Å². The molecule has 0 aliphatic carbocycles. The van der Waals surface area contributed by atoms with Gasteiger partial charge in [0, 0.05) is 73.9 Å². The van der Waals surface area contributed by atoms with E-state index in [0.29, 0.717) is 0 Å². The van der Waals surface area contributed by atoms with Gasteiger partial charge < -0.3 is 29.2 Å². The third-order valence-electron chi connectivity index (χ3n) is 29.7. The molecule has 7 heterocycles. The maximum Gasteiger partial charge on any atom is 0.252 e. The minimum atomic E-state index is -0.325. The topological polar surface area (TPSA) is 25.4 Å². The van der Waals surface area contributed by atoms with E-state index in [0.717, 1.165) is 34.2 Å². The standard InChI is InChI=1S/C120H140B3N5O/c1-109(2,3)71-42-44-93-87(60-71)121-89-66-90-96(67-95(89)126(85-56-77(115(19,20)21)50-78(57-85)116(22,23)24)98-47-70(69-40-38-37-39-41-69)46-97(103(98)121)124(93)83-52-73(111(7,8)9)48-74(53-83)112(10,11)12)127(86-58-79(117(25,26)27)51-80(59-86)118(28,29)30)100-68-99-104-108-105(100)123(90)92-63-82(120(34,35)36)65-102-107(92)128(108)106-91(62-81(119(31,32)33)64-101(106)129-102)122(104)88-61-72(110(4,5)6)43-45-94(88)125(99)84-54-75(113(13,14)15)49-76(55-84)114(16,17)18/h37-68H,1-36H3. The molecule has 19 rings (SSSR count). The van der Waals surface area contributed by atoms with Crippen molar-refractivity contribution in [2.45, 2.75) is 314 Å². The van der Waals surface area contributed by atoms with E-state index >= 15 is 0 Å². The molecule has 12 aromatic rings. The summed E-state index contributed by atoms with van der Waals surface area (Å²) in [6.07, 6.45) is 0. The van der Waals surface area contributed by atoms with Crippen molar-refractivity contribution in [1.29, 1.82) is 0 Å². The van der Waals surface area contributed by atoms with Crippen LogP contribution >= 0.6 is 0 Å². The van der Waals surface area contributed by atoms with Crippen molar-refractivity contribution in [2.75, 3.05) is 24.5 Å². The Balaban J connectivity index is 1.05. The van der Waals surface area contributed by atoms with Crippen LogP contribution in [0, 0.1) is 0 Å². The molecule has 0 radical (unpaired) electrons. The lowest BCUT2D eigenvalue weighted by molar-refractivity contribution is 0.470. The molecule has 129 heavy (non-hydrogen) atoms. The minimum absolute atomic E-state index is 0.160. The molecule has 7 aliphatic heterocycles. The first-order valence-electron chi connectivity index (χ1n) is 48.1. The van der Waals surface area contributed by atoms with Crippen LogP contribution in [-0.4, -0.2) is 20.1 Å². The summed E-state index contributed by atoms with van der Waals surface area (Å²) >= 11 is 0. The second-order valence-electron chi connectivity index (χ2n) is 51.9. The number of benzene rings is 12. The first-order valence-corrected chi connectivity index (χ1v) is 48.1. The molecule has 660 valence electrons. The quantitative estimate of drug-likeness (QED) is 0.159. The number of hydrogen-bond acceptors (Lipinski definition) is 6. The highest BCUT2D eigenvalue weighted by Crippen LogP contribution is 2.60. The van der Waals surface area contributed by atoms with Gasteiger partial charge in [0.05, 0.1) is 11.4 Å². The maximum atomic E-state index is 8.08. The Labute approximate surface area is 776 Å². The van der Waals surface area contributed by atoms with Crippen LogP contribution in [0.1, 0.15) is 316 Å². The van der Waals surface area contributed by atoms with E-state index in [2.05, 4.69) is 468 Å². The Bertz CT molecular complexity index is 6620. The molecule has 7 aliphatic rings. The molecule has 0 saturated heterocycles. The molecular weight excluding hydrogens is 1560 g/mol. The number of ether oxygens (including phenoxy) is 1. The van der Waals surface area contributed by atoms with Crippen molar-refractivity contribution in [3.8, 4) is 22.6 Å². The second kappa shape index (κ2) is 28.1. The molecule has 0 aromatic heterocycles. The van der Waals surface area contributed by atoms with Crippen molar-refractivity contribution in [3.63, 3.8) is 0 Å². The van der Waals surface area contributed by atoms with E-state index in [4.69, 9.17) is 4.74 Å². The predicted octanol–water partition coefficient (Wildman–Crippen LogP) is 27.8. The van der Waals surface area contributed by atoms with Crippen LogP contribution in [0.5, 0.6) is 11.5 Å². The number of anilines is 15. The fourth-order valence-corrected chi connectivity index (χ4v) is 21.5. The van der Waals surface area contributed by atoms with Gasteiger partial charge in [-0.1, -0.05) is 346 Å². The van der Waals surface area contributed by atoms with Crippen molar-refractivity contribution in [3.05, 3.63) is 261 Å². The lowest BCUT2D eigenvalue weighted by Crippen LogP contribution is -2.70. The van der Waals surface area contributed by atoms with Crippen LogP contribution in [0.3, 0.4) is 0 Å². The summed E-state index contributed by atoms with van der Waals surface area (Å²) in [7, 11) is 0. The molecule has 0 saturated carbocycles. The molecule has 0 N–H and O–H groups in total. The number of nitrogens with zero attached hydrogens (tertiary/aromatic N) is 5. The summed E-state index contributed by atoms with van der Waals surface area (Å²) in [5.74, 6) is 1.82. The zero-order chi connectivity index (χ0) is 93.0. The highest BCUT2D eigenvalue weighted by atomic mass is 16.5. The monoisotopic (exact) mass is 1700 g/mol. The largest absolute Gasteiger partial charge is 0.453 e. The average Bonchev–Trinajstić information content (AvgIpc) is 0.654. The zero-order valence-corrected chi connectivity index (χ0v) is 84.9. The third kappa shape index (κ3) is 14.3. The smallest absolute Gasteiger partial charge is 0.252 e. The third-order valence-corrected chi connectivity index (χ3v) is 29.7. The zero-order valence-electron chi connectivity index (χ0n) is 84.9. The van der Waals surface area contributed by atoms with Gasteiger partial charge in [0.2, 0.25) is 0 Å². The van der Waals surface area contributed by atoms with E-state index in [9.17, 15) is 0 Å². The highest BCUT2D eigenvalue weighted by molar-refractivity contribution is 7.06. The van der Waals surface area contributed by atoms with Gasteiger partial charge in [0.25, 0.3) is 20.1 Å². The highest BCUT2D eigenvalue weighted by Gasteiger charge is 2.57. The molecule has 6 nitrogen and oxygen atoms in total. The maximum absolute atomic E-state index is 8.08. The Hall–Kier alpha value is -10.4. The average molecular weight is 1700 g/mol. The van der Waals surface area contributed by atoms with Crippen LogP contribution < -0.4 is 78.4 Å². The Kier molecular flexibility index (Phi) is 19.2. The van der Waals surface area contributed by atoms with Gasteiger partial charge in [-0.3, -0.25) is 0 Å². The first-order chi connectivity index (χ1) is 59.5. The van der Waals surface area contributed by atoms with Crippen LogP contribution in [0.4, 0.5) is 85.3 Å². The molecule has 12 aromatic carbocycles. The van der Waals surface area contributed by atoms with Gasteiger partial charge in [-0.15, -0.1) is 0 Å². The molecule has 0 fully saturated rings. The van der Waals surface area contributed by atoms with Gasteiger partial charge in [0.1, 0.15) is 0 Å². The van der Waals surface area contributed by atoms with E-state index < -0.39 is 0 Å². The van der Waals surface area contributed by atoms with E-state index in [1.54, 1.807) is 0 Å². The summed E-state index contributed by atoms with van der Waals surface area (Å²) < 4.78 is 8.08. The summed E-state index contributed by atoms with van der Waals surface area (Å²) in [5.41, 5.74) is 44.9. The summed E-state index contributed by atoms with van der Waals surface area (Å²) in [6.45, 7) is 85.7. The minimum Gasteiger partial charge on any atom is -0.453 e. The number of fused-ring (bicyclic) bond motifs is 10. The van der Waals surface area contributed by atoms with E-state index in [1.165, 1.54) is 190 Å². The number of rotatable bonds is 5. The molecule has 0 bridgehead atoms. The van der Waals surface area contributed by atoms with Crippen molar-refractivity contribution >= 4 is 155 Å². The van der Waals surface area contributed by atoms with Crippen LogP contribution in [0.25, 0.3) is 11.1 Å². The molecule has 0 unspecified atom stereocenters. The normalized spacial score (nSPS) is 15.2. The van der Waals surface area contributed by atoms with E-state index in [1.807, 2.05) is 0 Å². The van der Waals surface area contributed by atoms with E-state index in [-0.39, 0.29) is 85.1 Å². The SMILES string of the molecule is CC(C)(C)c1cc(N2c3ccc(C(C)(C)C)cc3B3c4cc5c(cc4N(c4cc(C(C)(C)C)cc(C(C)(C)C)c4)c4cc(-c6ccccc6)cc2c43)N(c2cc(C(C)(C)C)cc(C(C)(C)C)c2)c2cc3c4c6c2B5c2cc(C(C)(C)C)cc5c2N6c2c(cc(C(C)(C)C)cc2B4c2cc(C(C)(C)C)ccc2N3c2cc(C(C)(C)C)cc(C(C)(C)C)c2)O5)cc(C(C)(C)C)c1.